The molecule has 8 N–H and O–H groups in total. The van der Waals surface area contributed by atoms with Crippen LogP contribution >= 0.6 is 0 Å². The third kappa shape index (κ3) is 8.22. The largest absolute Gasteiger partial charge is 0.369 e. The van der Waals surface area contributed by atoms with Gasteiger partial charge in [0.05, 0.1) is 0 Å². The second-order valence-corrected chi connectivity index (χ2v) is 2.90. The highest BCUT2D eigenvalue weighted by molar-refractivity contribution is 6.02. The van der Waals surface area contributed by atoms with Crippen molar-refractivity contribution in [3.63, 3.8) is 0 Å². The summed E-state index contributed by atoms with van der Waals surface area (Å²) in [5.74, 6) is -0.179. The van der Waals surface area contributed by atoms with Crippen LogP contribution in [0.1, 0.15) is 20.3 Å². The van der Waals surface area contributed by atoms with Crippen molar-refractivity contribution in [1.29, 1.82) is 0 Å². The average Bonchev–Trinajstić information content (AvgIpc) is 2.11. The second kappa shape index (κ2) is 6.35. The first-order valence-corrected chi connectivity index (χ1v) is 4.16. The van der Waals surface area contributed by atoms with E-state index in [1.54, 1.807) is 13.8 Å². The summed E-state index contributed by atoms with van der Waals surface area (Å²) in [6.45, 7) is 3.53. The lowest BCUT2D eigenvalue weighted by Gasteiger charge is -1.96. The SMILES string of the molecule is C/C(C/C(C)=N/N=C(N)N)=N/N=C(N)N. The molecule has 0 aromatic carbocycles. The molecule has 0 amide bonds. The molecular formula is C7H16N8. The van der Waals surface area contributed by atoms with Gasteiger partial charge in [0.15, 0.2) is 0 Å². The summed E-state index contributed by atoms with van der Waals surface area (Å²) in [6, 6.07) is 0. The molecule has 0 unspecified atom stereocenters. The molecule has 0 atom stereocenters. The summed E-state index contributed by atoms with van der Waals surface area (Å²) >= 11 is 0. The quantitative estimate of drug-likeness (QED) is 0.259. The van der Waals surface area contributed by atoms with E-state index in [1.165, 1.54) is 0 Å². The van der Waals surface area contributed by atoms with Crippen LogP contribution < -0.4 is 22.9 Å². The van der Waals surface area contributed by atoms with Gasteiger partial charge in [0, 0.05) is 17.8 Å². The Hall–Kier alpha value is -2.12. The third-order valence-corrected chi connectivity index (χ3v) is 1.18. The van der Waals surface area contributed by atoms with E-state index in [4.69, 9.17) is 22.9 Å². The van der Waals surface area contributed by atoms with E-state index in [0.717, 1.165) is 0 Å². The summed E-state index contributed by atoms with van der Waals surface area (Å²) < 4.78 is 0. The zero-order valence-corrected chi connectivity index (χ0v) is 8.81. The van der Waals surface area contributed by atoms with E-state index >= 15 is 0 Å². The van der Waals surface area contributed by atoms with Crippen molar-refractivity contribution in [3.8, 4) is 0 Å². The van der Waals surface area contributed by atoms with Crippen molar-refractivity contribution in [2.75, 3.05) is 0 Å². The Balaban J connectivity index is 4.36. The first-order chi connectivity index (χ1) is 6.91. The third-order valence-electron chi connectivity index (χ3n) is 1.18. The minimum atomic E-state index is -0.0897. The molecule has 0 rings (SSSR count). The Morgan fingerprint density at radius 3 is 1.33 bits per heavy atom. The van der Waals surface area contributed by atoms with Gasteiger partial charge in [-0.3, -0.25) is 0 Å². The van der Waals surface area contributed by atoms with Gasteiger partial charge in [0.25, 0.3) is 0 Å². The number of rotatable bonds is 4. The van der Waals surface area contributed by atoms with Gasteiger partial charge in [-0.25, -0.2) is 0 Å². The van der Waals surface area contributed by atoms with Crippen molar-refractivity contribution < 1.29 is 0 Å². The van der Waals surface area contributed by atoms with Crippen LogP contribution in [0.2, 0.25) is 0 Å². The zero-order chi connectivity index (χ0) is 11.8. The summed E-state index contributed by atoms with van der Waals surface area (Å²) in [4.78, 5) is 0. The van der Waals surface area contributed by atoms with Crippen molar-refractivity contribution >= 4 is 23.3 Å². The number of guanidine groups is 2. The smallest absolute Gasteiger partial charge is 0.211 e. The number of nitrogens with zero attached hydrogens (tertiary/aromatic N) is 4. The molecule has 8 heteroatoms. The minimum Gasteiger partial charge on any atom is -0.369 e. The maximum Gasteiger partial charge on any atom is 0.211 e. The average molecular weight is 212 g/mol. The minimum absolute atomic E-state index is 0.0897. The van der Waals surface area contributed by atoms with Crippen LogP contribution in [0.3, 0.4) is 0 Å². The Morgan fingerprint density at radius 1 is 0.733 bits per heavy atom. The van der Waals surface area contributed by atoms with E-state index in [-0.39, 0.29) is 11.9 Å². The van der Waals surface area contributed by atoms with Crippen molar-refractivity contribution in [3.05, 3.63) is 0 Å². The predicted octanol–water partition coefficient (Wildman–Crippen LogP) is -1.32. The molecule has 0 fully saturated rings. The van der Waals surface area contributed by atoms with Crippen LogP contribution in [0.4, 0.5) is 0 Å². The van der Waals surface area contributed by atoms with E-state index < -0.39 is 0 Å². The van der Waals surface area contributed by atoms with Crippen LogP contribution in [-0.2, 0) is 0 Å². The molecule has 0 heterocycles. The van der Waals surface area contributed by atoms with Gasteiger partial charge in [-0.05, 0) is 13.8 Å². The fourth-order valence-corrected chi connectivity index (χ4v) is 0.727. The molecule has 0 saturated heterocycles. The first kappa shape index (κ1) is 12.9. The first-order valence-electron chi connectivity index (χ1n) is 4.16. The standard InChI is InChI=1S/C7H16N8/c1-4(12-14-6(8)9)3-5(2)13-15-7(10)11/h3H2,1-2H3,(H4,8,9,14)(H4,10,11,15)/b12-4-,13-5+. The lowest BCUT2D eigenvalue weighted by atomic mass is 10.2. The molecule has 8 nitrogen and oxygen atoms in total. The maximum absolute atomic E-state index is 5.11. The molecule has 0 radical (unpaired) electrons. The van der Waals surface area contributed by atoms with Gasteiger partial charge in [0.2, 0.25) is 11.9 Å². The lowest BCUT2D eigenvalue weighted by Crippen LogP contribution is -2.22. The van der Waals surface area contributed by atoms with Gasteiger partial charge in [0.1, 0.15) is 0 Å². The molecule has 0 bridgehead atoms. The van der Waals surface area contributed by atoms with Crippen LogP contribution in [-0.4, -0.2) is 23.3 Å². The van der Waals surface area contributed by atoms with Crippen LogP contribution in [0.25, 0.3) is 0 Å². The van der Waals surface area contributed by atoms with E-state index in [9.17, 15) is 0 Å². The molecule has 0 aromatic heterocycles. The van der Waals surface area contributed by atoms with Crippen molar-refractivity contribution in [2.45, 2.75) is 20.3 Å². The molecule has 0 aliphatic carbocycles. The van der Waals surface area contributed by atoms with Gasteiger partial charge >= 0.3 is 0 Å². The Labute approximate surface area is 87.8 Å². The topological polar surface area (TPSA) is 154 Å². The van der Waals surface area contributed by atoms with E-state index in [2.05, 4.69) is 20.4 Å². The highest BCUT2D eigenvalue weighted by atomic mass is 15.3. The molecule has 0 aromatic rings. The van der Waals surface area contributed by atoms with Crippen molar-refractivity contribution in [2.24, 2.45) is 43.3 Å². The summed E-state index contributed by atoms with van der Waals surface area (Å²) in [6.07, 6.45) is 0.494. The summed E-state index contributed by atoms with van der Waals surface area (Å²) in [5, 5.41) is 14.5. The fourth-order valence-electron chi connectivity index (χ4n) is 0.727. The monoisotopic (exact) mass is 212 g/mol. The van der Waals surface area contributed by atoms with Gasteiger partial charge in [-0.2, -0.15) is 10.2 Å². The van der Waals surface area contributed by atoms with E-state index in [0.29, 0.717) is 17.8 Å². The van der Waals surface area contributed by atoms with Crippen molar-refractivity contribution in [1.82, 2.24) is 0 Å². The Morgan fingerprint density at radius 2 is 1.07 bits per heavy atom. The Bertz CT molecular complexity index is 284. The van der Waals surface area contributed by atoms with Gasteiger partial charge in [-0.1, -0.05) is 0 Å². The number of nitrogens with two attached hydrogens (primary N) is 4. The summed E-state index contributed by atoms with van der Waals surface area (Å²) in [5.41, 5.74) is 21.8. The van der Waals surface area contributed by atoms with Crippen LogP contribution in [0.15, 0.2) is 20.4 Å². The van der Waals surface area contributed by atoms with Crippen LogP contribution in [0, 0.1) is 0 Å². The molecule has 84 valence electrons. The summed E-state index contributed by atoms with van der Waals surface area (Å²) in [7, 11) is 0. The number of hydrogen-bond acceptors (Lipinski definition) is 4. The maximum atomic E-state index is 5.11. The molecule has 0 aliphatic rings. The molecule has 0 spiro atoms. The van der Waals surface area contributed by atoms with Gasteiger partial charge in [-0.15, -0.1) is 10.2 Å². The zero-order valence-electron chi connectivity index (χ0n) is 8.81. The van der Waals surface area contributed by atoms with Crippen LogP contribution in [0.5, 0.6) is 0 Å². The Kier molecular flexibility index (Phi) is 5.45. The number of hydrogen-bond donors (Lipinski definition) is 4. The van der Waals surface area contributed by atoms with E-state index in [1.807, 2.05) is 0 Å². The molecule has 15 heavy (non-hydrogen) atoms. The molecular weight excluding hydrogens is 196 g/mol. The van der Waals surface area contributed by atoms with Gasteiger partial charge < -0.3 is 22.9 Å². The molecule has 0 saturated carbocycles. The molecule has 0 aliphatic heterocycles. The normalized spacial score (nSPS) is 12.1. The predicted molar refractivity (Wildman–Crippen MR) is 62.5 cm³/mol. The highest BCUT2D eigenvalue weighted by Gasteiger charge is 1.95. The second-order valence-electron chi connectivity index (χ2n) is 2.90. The lowest BCUT2D eigenvalue weighted by molar-refractivity contribution is 1.15. The highest BCUT2D eigenvalue weighted by Crippen LogP contribution is 1.92. The fraction of sp³-hybridized carbons (Fsp3) is 0.429.